The van der Waals surface area contributed by atoms with Crippen molar-refractivity contribution >= 4 is 17.8 Å². The van der Waals surface area contributed by atoms with Crippen molar-refractivity contribution in [2.75, 3.05) is 5.75 Å². The Bertz CT molecular complexity index is 297. The predicted octanol–water partition coefficient (Wildman–Crippen LogP) is 3.15. The third-order valence-electron chi connectivity index (χ3n) is 1.76. The largest absolute Gasteiger partial charge is 0.241 e. The first kappa shape index (κ1) is 11.2. The summed E-state index contributed by atoms with van der Waals surface area (Å²) in [4.78, 5) is 8.32. The molecule has 0 bridgehead atoms. The zero-order valence-corrected chi connectivity index (χ0v) is 9.55. The van der Waals surface area contributed by atoms with E-state index < -0.39 is 0 Å². The van der Waals surface area contributed by atoms with Crippen molar-refractivity contribution < 1.29 is 0 Å². The summed E-state index contributed by atoms with van der Waals surface area (Å²) in [5.74, 6) is 1.17. The molecule has 1 aromatic rings. The van der Waals surface area contributed by atoms with Crippen molar-refractivity contribution in [3.05, 3.63) is 29.2 Å². The molecular weight excluding hydrogens is 192 g/mol. The van der Waals surface area contributed by atoms with E-state index in [0.717, 1.165) is 17.8 Å². The Hall–Kier alpha value is -0.830. The van der Waals surface area contributed by atoms with Gasteiger partial charge in [0, 0.05) is 5.69 Å². The molecule has 0 fully saturated rings. The summed E-state index contributed by atoms with van der Waals surface area (Å²) in [7, 11) is 0. The third-order valence-corrected chi connectivity index (χ3v) is 2.74. The minimum absolute atomic E-state index is 0.964. The molecule has 0 atom stereocenters. The molecule has 3 heteroatoms. The van der Waals surface area contributed by atoms with E-state index in [1.54, 1.807) is 6.33 Å². The van der Waals surface area contributed by atoms with E-state index >= 15 is 0 Å². The first-order chi connectivity index (χ1) is 6.86. The van der Waals surface area contributed by atoms with E-state index in [1.807, 2.05) is 23.9 Å². The Morgan fingerprint density at radius 2 is 2.21 bits per heavy atom. The van der Waals surface area contributed by atoms with Crippen LogP contribution in [-0.2, 0) is 6.42 Å². The van der Waals surface area contributed by atoms with Crippen LogP contribution in [0.15, 0.2) is 17.8 Å². The van der Waals surface area contributed by atoms with Crippen LogP contribution in [0.25, 0.3) is 6.08 Å². The average molecular weight is 208 g/mol. The molecule has 0 aromatic carbocycles. The van der Waals surface area contributed by atoms with E-state index in [-0.39, 0.29) is 0 Å². The van der Waals surface area contributed by atoms with Crippen molar-refractivity contribution in [3.8, 4) is 0 Å². The molecule has 0 saturated heterocycles. The molecule has 0 aliphatic carbocycles. The molecule has 0 saturated carbocycles. The second-order valence-corrected chi connectivity index (χ2v) is 3.98. The maximum absolute atomic E-state index is 4.17. The summed E-state index contributed by atoms with van der Waals surface area (Å²) in [6, 6.07) is 2.03. The standard InChI is InChI=1S/C11H16N2S/c1-3-6-14-7-5-11-8-10(4-2)12-9-13-11/h5,7-9H,3-4,6H2,1-2H3/b7-5+. The van der Waals surface area contributed by atoms with Gasteiger partial charge < -0.3 is 0 Å². The van der Waals surface area contributed by atoms with Crippen molar-refractivity contribution in [3.63, 3.8) is 0 Å². The summed E-state index contributed by atoms with van der Waals surface area (Å²) in [5, 5.41) is 2.10. The first-order valence-corrected chi connectivity index (χ1v) is 6.00. The molecule has 0 aliphatic rings. The van der Waals surface area contributed by atoms with Gasteiger partial charge in [0.1, 0.15) is 6.33 Å². The Balaban J connectivity index is 2.53. The minimum Gasteiger partial charge on any atom is -0.241 e. The number of rotatable bonds is 5. The Kier molecular flexibility index (Phi) is 5.30. The second kappa shape index (κ2) is 6.60. The van der Waals surface area contributed by atoms with Crippen molar-refractivity contribution in [2.45, 2.75) is 26.7 Å². The van der Waals surface area contributed by atoms with Crippen LogP contribution in [0.1, 0.15) is 31.7 Å². The minimum atomic E-state index is 0.964. The molecule has 2 nitrogen and oxygen atoms in total. The molecule has 0 amide bonds. The number of nitrogens with zero attached hydrogens (tertiary/aromatic N) is 2. The van der Waals surface area contributed by atoms with Gasteiger partial charge >= 0.3 is 0 Å². The van der Waals surface area contributed by atoms with Crippen LogP contribution in [0.5, 0.6) is 0 Å². The molecule has 0 unspecified atom stereocenters. The molecule has 1 aromatic heterocycles. The van der Waals surface area contributed by atoms with Crippen LogP contribution in [-0.4, -0.2) is 15.7 Å². The Morgan fingerprint density at radius 1 is 1.36 bits per heavy atom. The molecule has 0 aliphatic heterocycles. The lowest BCUT2D eigenvalue weighted by Crippen LogP contribution is -1.89. The van der Waals surface area contributed by atoms with Gasteiger partial charge in [-0.05, 0) is 36.1 Å². The second-order valence-electron chi connectivity index (χ2n) is 2.96. The Morgan fingerprint density at radius 3 is 2.93 bits per heavy atom. The molecule has 76 valence electrons. The van der Waals surface area contributed by atoms with E-state index in [0.29, 0.717) is 0 Å². The zero-order chi connectivity index (χ0) is 10.2. The first-order valence-electron chi connectivity index (χ1n) is 4.96. The number of hydrogen-bond donors (Lipinski definition) is 0. The molecular formula is C11H16N2S. The fourth-order valence-electron chi connectivity index (χ4n) is 1.00. The van der Waals surface area contributed by atoms with Crippen LogP contribution < -0.4 is 0 Å². The monoisotopic (exact) mass is 208 g/mol. The van der Waals surface area contributed by atoms with Crippen LogP contribution in [0.4, 0.5) is 0 Å². The number of thioether (sulfide) groups is 1. The molecule has 1 heterocycles. The fraction of sp³-hybridized carbons (Fsp3) is 0.455. The van der Waals surface area contributed by atoms with Gasteiger partial charge in [0.2, 0.25) is 0 Å². The lowest BCUT2D eigenvalue weighted by molar-refractivity contribution is 0.993. The highest BCUT2D eigenvalue weighted by Crippen LogP contribution is 2.08. The Labute approximate surface area is 89.9 Å². The van der Waals surface area contributed by atoms with E-state index in [4.69, 9.17) is 0 Å². The fourth-order valence-corrected chi connectivity index (χ4v) is 1.61. The van der Waals surface area contributed by atoms with Crippen LogP contribution in [0, 0.1) is 0 Å². The number of aromatic nitrogens is 2. The van der Waals surface area contributed by atoms with Gasteiger partial charge in [0.05, 0.1) is 5.69 Å². The number of aryl methyl sites for hydroxylation is 1. The van der Waals surface area contributed by atoms with Crippen LogP contribution in [0.2, 0.25) is 0 Å². The number of hydrogen-bond acceptors (Lipinski definition) is 3. The maximum Gasteiger partial charge on any atom is 0.116 e. The normalized spacial score (nSPS) is 11.0. The summed E-state index contributed by atoms with van der Waals surface area (Å²) in [6.07, 6.45) is 5.84. The third kappa shape index (κ3) is 3.92. The highest BCUT2D eigenvalue weighted by molar-refractivity contribution is 8.02. The smallest absolute Gasteiger partial charge is 0.116 e. The molecule has 0 spiro atoms. The predicted molar refractivity (Wildman–Crippen MR) is 63.2 cm³/mol. The van der Waals surface area contributed by atoms with E-state index in [1.165, 1.54) is 12.2 Å². The lowest BCUT2D eigenvalue weighted by Gasteiger charge is -1.96. The summed E-state index contributed by atoms with van der Waals surface area (Å²) < 4.78 is 0. The van der Waals surface area contributed by atoms with Crippen LogP contribution in [0.3, 0.4) is 0 Å². The topological polar surface area (TPSA) is 25.8 Å². The maximum atomic E-state index is 4.17. The summed E-state index contributed by atoms with van der Waals surface area (Å²) in [5.41, 5.74) is 2.10. The highest BCUT2D eigenvalue weighted by atomic mass is 32.2. The van der Waals surface area contributed by atoms with Crippen molar-refractivity contribution in [1.82, 2.24) is 9.97 Å². The zero-order valence-electron chi connectivity index (χ0n) is 8.73. The lowest BCUT2D eigenvalue weighted by atomic mass is 10.3. The van der Waals surface area contributed by atoms with E-state index in [9.17, 15) is 0 Å². The molecule has 0 radical (unpaired) electrons. The van der Waals surface area contributed by atoms with Gasteiger partial charge in [-0.25, -0.2) is 9.97 Å². The average Bonchev–Trinajstić information content (AvgIpc) is 2.25. The SMILES string of the molecule is CCCS/C=C/c1cc(CC)ncn1. The highest BCUT2D eigenvalue weighted by Gasteiger charge is 1.92. The quantitative estimate of drug-likeness (QED) is 0.695. The van der Waals surface area contributed by atoms with Gasteiger partial charge in [0.25, 0.3) is 0 Å². The van der Waals surface area contributed by atoms with Gasteiger partial charge in [-0.3, -0.25) is 0 Å². The summed E-state index contributed by atoms with van der Waals surface area (Å²) in [6.45, 7) is 4.28. The van der Waals surface area contributed by atoms with Gasteiger partial charge in [0.15, 0.2) is 0 Å². The molecule has 14 heavy (non-hydrogen) atoms. The van der Waals surface area contributed by atoms with Crippen molar-refractivity contribution in [2.24, 2.45) is 0 Å². The summed E-state index contributed by atoms with van der Waals surface area (Å²) >= 11 is 1.82. The molecule has 1 rings (SSSR count). The molecule has 0 N–H and O–H groups in total. The van der Waals surface area contributed by atoms with Gasteiger partial charge in [-0.15, -0.1) is 11.8 Å². The van der Waals surface area contributed by atoms with Crippen molar-refractivity contribution in [1.29, 1.82) is 0 Å². The van der Waals surface area contributed by atoms with Crippen LogP contribution >= 0.6 is 11.8 Å². The van der Waals surface area contributed by atoms with Gasteiger partial charge in [-0.1, -0.05) is 13.8 Å². The van der Waals surface area contributed by atoms with E-state index in [2.05, 4.69) is 29.2 Å². The van der Waals surface area contributed by atoms with Gasteiger partial charge in [-0.2, -0.15) is 0 Å².